The summed E-state index contributed by atoms with van der Waals surface area (Å²) in [7, 11) is 1.47. The third kappa shape index (κ3) is 2.81. The number of fused-ring (bicyclic) bond motifs is 2. The Hall–Kier alpha value is -2.87. The van der Waals surface area contributed by atoms with Gasteiger partial charge in [0.2, 0.25) is 5.43 Å². The third-order valence-corrected chi connectivity index (χ3v) is 7.16. The van der Waals surface area contributed by atoms with Gasteiger partial charge in [-0.05, 0) is 35.9 Å². The highest BCUT2D eigenvalue weighted by Crippen LogP contribution is 2.45. The molecule has 5 rings (SSSR count). The maximum Gasteiger partial charge on any atom is 0.341 e. The lowest BCUT2D eigenvalue weighted by molar-refractivity contribution is 0.0695. The molecule has 1 fully saturated rings. The van der Waals surface area contributed by atoms with Gasteiger partial charge in [0, 0.05) is 36.1 Å². The van der Waals surface area contributed by atoms with Crippen LogP contribution in [0.3, 0.4) is 0 Å². The highest BCUT2D eigenvalue weighted by molar-refractivity contribution is 7.10. The first-order chi connectivity index (χ1) is 14.4. The summed E-state index contributed by atoms with van der Waals surface area (Å²) in [6.45, 7) is 3.31. The number of carboxylic acids is 1. The van der Waals surface area contributed by atoms with E-state index in [-0.39, 0.29) is 28.7 Å². The second kappa shape index (κ2) is 6.84. The third-order valence-electron chi connectivity index (χ3n) is 5.97. The van der Waals surface area contributed by atoms with E-state index in [4.69, 9.17) is 4.74 Å². The van der Waals surface area contributed by atoms with E-state index in [1.807, 2.05) is 4.90 Å². The predicted molar refractivity (Wildman–Crippen MR) is 114 cm³/mol. The molecule has 1 aromatic carbocycles. The number of thiophene rings is 1. The van der Waals surface area contributed by atoms with Crippen molar-refractivity contribution >= 4 is 33.9 Å². The lowest BCUT2D eigenvalue weighted by Crippen LogP contribution is -2.33. The minimum atomic E-state index is -1.31. The molecule has 6 nitrogen and oxygen atoms in total. The topological polar surface area (TPSA) is 71.8 Å². The van der Waals surface area contributed by atoms with E-state index in [9.17, 15) is 14.7 Å². The Morgan fingerprint density at radius 2 is 2.13 bits per heavy atom. The van der Waals surface area contributed by atoms with Crippen LogP contribution in [0.25, 0.3) is 10.9 Å². The number of methoxy groups -OCH3 is 1. The number of rotatable bonds is 4. The van der Waals surface area contributed by atoms with Gasteiger partial charge in [-0.2, -0.15) is 0 Å². The van der Waals surface area contributed by atoms with Crippen LogP contribution in [0, 0.1) is 5.82 Å². The van der Waals surface area contributed by atoms with Gasteiger partial charge in [0.15, 0.2) is 11.6 Å². The molecule has 1 aliphatic heterocycles. The Kier molecular flexibility index (Phi) is 4.36. The number of aromatic nitrogens is 1. The fourth-order valence-electron chi connectivity index (χ4n) is 4.49. The lowest BCUT2D eigenvalue weighted by atomic mass is 9.99. The Morgan fingerprint density at radius 1 is 1.37 bits per heavy atom. The van der Waals surface area contributed by atoms with Gasteiger partial charge in [0.05, 0.1) is 18.0 Å². The minimum absolute atomic E-state index is 0.0428. The van der Waals surface area contributed by atoms with E-state index in [0.717, 1.165) is 12.8 Å². The summed E-state index contributed by atoms with van der Waals surface area (Å²) < 4.78 is 22.9. The zero-order valence-electron chi connectivity index (χ0n) is 16.6. The molecule has 3 aromatic rings. The largest absolute Gasteiger partial charge is 0.492 e. The van der Waals surface area contributed by atoms with E-state index >= 15 is 4.39 Å². The van der Waals surface area contributed by atoms with Crippen molar-refractivity contribution in [2.24, 2.45) is 0 Å². The van der Waals surface area contributed by atoms with E-state index in [2.05, 4.69) is 18.4 Å². The first-order valence-electron chi connectivity index (χ1n) is 9.90. The Morgan fingerprint density at radius 3 is 2.80 bits per heavy atom. The molecule has 1 unspecified atom stereocenters. The molecule has 8 heteroatoms. The summed E-state index contributed by atoms with van der Waals surface area (Å²) >= 11 is 1.72. The number of carbonyl (C=O) groups is 1. The highest BCUT2D eigenvalue weighted by Gasteiger charge is 2.33. The number of benzene rings is 1. The number of ether oxygens (including phenoxy) is 1. The molecular formula is C22H21FN2O4S. The van der Waals surface area contributed by atoms with Crippen molar-refractivity contribution in [3.8, 4) is 5.75 Å². The molecule has 156 valence electrons. The predicted octanol–water partition coefficient (Wildman–Crippen LogP) is 4.37. The van der Waals surface area contributed by atoms with Crippen molar-refractivity contribution in [2.75, 3.05) is 18.6 Å². The van der Waals surface area contributed by atoms with E-state index in [1.165, 1.54) is 29.8 Å². The number of hydrogen-bond acceptors (Lipinski definition) is 5. The molecule has 0 saturated heterocycles. The monoisotopic (exact) mass is 428 g/mol. The van der Waals surface area contributed by atoms with Crippen molar-refractivity contribution in [3.63, 3.8) is 0 Å². The summed E-state index contributed by atoms with van der Waals surface area (Å²) in [5, 5.41) is 11.6. The van der Waals surface area contributed by atoms with Gasteiger partial charge in [-0.1, -0.05) is 6.92 Å². The number of carboxylic acid groups (broad SMARTS) is 1. The van der Waals surface area contributed by atoms with Gasteiger partial charge >= 0.3 is 5.97 Å². The normalized spacial score (nSPS) is 18.5. The quantitative estimate of drug-likeness (QED) is 0.668. The summed E-state index contributed by atoms with van der Waals surface area (Å²) in [5.41, 5.74) is 0.922. The number of nitrogens with zero attached hydrogens (tertiary/aromatic N) is 2. The molecule has 1 saturated carbocycles. The molecule has 1 N–H and O–H groups in total. The Bertz CT molecular complexity index is 1240. The second-order valence-electron chi connectivity index (χ2n) is 8.04. The highest BCUT2D eigenvalue weighted by atomic mass is 32.1. The molecule has 0 spiro atoms. The van der Waals surface area contributed by atoms with Gasteiger partial charge in [0.25, 0.3) is 0 Å². The molecule has 0 amide bonds. The van der Waals surface area contributed by atoms with Crippen LogP contribution in [0.15, 0.2) is 28.5 Å². The second-order valence-corrected chi connectivity index (χ2v) is 8.99. The maximum absolute atomic E-state index is 15.4. The number of aromatic carboxylic acids is 1. The minimum Gasteiger partial charge on any atom is -0.492 e. The van der Waals surface area contributed by atoms with Crippen LogP contribution < -0.4 is 15.1 Å². The summed E-state index contributed by atoms with van der Waals surface area (Å²) in [6.07, 6.45) is 3.14. The van der Waals surface area contributed by atoms with Gasteiger partial charge in [-0.25, -0.2) is 9.18 Å². The standard InChI is InChI=1S/C22H21FN2O4S/c1-11-8-24(9-12-5-6-30-21(11)12)18-16(23)7-14-17(20(18)29-2)25(13-3-4-13)10-15(19(14)26)22(27)28/h5-7,10-11,13H,3-4,8-9H2,1-2H3,(H,27,28). The smallest absolute Gasteiger partial charge is 0.341 e. The molecule has 30 heavy (non-hydrogen) atoms. The van der Waals surface area contributed by atoms with Crippen molar-refractivity contribution < 1.29 is 19.0 Å². The lowest BCUT2D eigenvalue weighted by Gasteiger charge is -2.34. The average Bonchev–Trinajstić information content (AvgIpc) is 3.44. The van der Waals surface area contributed by atoms with Gasteiger partial charge < -0.3 is 19.3 Å². The fourth-order valence-corrected chi connectivity index (χ4v) is 5.46. The first-order valence-corrected chi connectivity index (χ1v) is 10.8. The molecule has 3 heterocycles. The average molecular weight is 428 g/mol. The fraction of sp³-hybridized carbons (Fsp3) is 0.364. The van der Waals surface area contributed by atoms with Crippen LogP contribution in [0.4, 0.5) is 10.1 Å². The van der Waals surface area contributed by atoms with Gasteiger partial charge in [-0.15, -0.1) is 11.3 Å². The first kappa shape index (κ1) is 19.1. The molecule has 0 radical (unpaired) electrons. The molecule has 1 aliphatic carbocycles. The van der Waals surface area contributed by atoms with Crippen LogP contribution in [-0.4, -0.2) is 29.3 Å². The van der Waals surface area contributed by atoms with Crippen LogP contribution in [0.1, 0.15) is 52.5 Å². The maximum atomic E-state index is 15.4. The van der Waals surface area contributed by atoms with Crippen LogP contribution >= 0.6 is 11.3 Å². The number of anilines is 1. The van der Waals surface area contributed by atoms with E-state index in [0.29, 0.717) is 24.3 Å². The van der Waals surface area contributed by atoms with Crippen LogP contribution in [0.5, 0.6) is 5.75 Å². The number of pyridine rings is 1. The van der Waals surface area contributed by atoms with Crippen molar-refractivity contribution in [1.82, 2.24) is 4.57 Å². The molecule has 2 aromatic heterocycles. The van der Waals surface area contributed by atoms with Crippen molar-refractivity contribution in [1.29, 1.82) is 0 Å². The Balaban J connectivity index is 1.78. The molecular weight excluding hydrogens is 407 g/mol. The van der Waals surface area contributed by atoms with Gasteiger partial charge in [-0.3, -0.25) is 4.79 Å². The van der Waals surface area contributed by atoms with E-state index in [1.54, 1.807) is 15.9 Å². The molecule has 0 bridgehead atoms. The van der Waals surface area contributed by atoms with Crippen molar-refractivity contribution in [3.05, 3.63) is 55.8 Å². The van der Waals surface area contributed by atoms with Crippen LogP contribution in [0.2, 0.25) is 0 Å². The summed E-state index contributed by atoms with van der Waals surface area (Å²) in [5.74, 6) is -1.35. The molecule has 1 atom stereocenters. The Labute approximate surface area is 176 Å². The van der Waals surface area contributed by atoms with Crippen molar-refractivity contribution in [2.45, 2.75) is 38.3 Å². The van der Waals surface area contributed by atoms with Gasteiger partial charge in [0.1, 0.15) is 11.3 Å². The molecule has 2 aliphatic rings. The summed E-state index contributed by atoms with van der Waals surface area (Å²) in [6, 6.07) is 3.32. The zero-order valence-corrected chi connectivity index (χ0v) is 17.5. The SMILES string of the molecule is COc1c(N2Cc3ccsc3C(C)C2)c(F)cc2c(=O)c(C(=O)O)cn(C3CC3)c12. The van der Waals surface area contributed by atoms with Crippen LogP contribution in [-0.2, 0) is 6.54 Å². The number of hydrogen-bond donors (Lipinski definition) is 1. The van der Waals surface area contributed by atoms with E-state index < -0.39 is 17.2 Å². The number of halogens is 1. The zero-order chi connectivity index (χ0) is 21.2. The summed E-state index contributed by atoms with van der Waals surface area (Å²) in [4.78, 5) is 27.7.